The van der Waals surface area contributed by atoms with Gasteiger partial charge in [-0.1, -0.05) is 54.6 Å². The number of carbonyl (C=O) groups is 1. The molecule has 0 N–H and O–H groups in total. The fraction of sp³-hybridized carbons (Fsp3) is 0.350. The molecule has 120 valence electrons. The van der Waals surface area contributed by atoms with Crippen LogP contribution >= 0.6 is 11.8 Å². The van der Waals surface area contributed by atoms with Crippen LogP contribution in [0.1, 0.15) is 34.5 Å². The van der Waals surface area contributed by atoms with E-state index in [1.165, 1.54) is 11.1 Å². The Morgan fingerprint density at radius 2 is 1.87 bits per heavy atom. The Kier molecular flexibility index (Phi) is 5.19. The molecule has 2 unspecified atom stereocenters. The molecule has 3 rings (SSSR count). The van der Waals surface area contributed by atoms with E-state index in [4.69, 9.17) is 4.74 Å². The van der Waals surface area contributed by atoms with Gasteiger partial charge in [0.2, 0.25) is 0 Å². The smallest absolute Gasteiger partial charge is 0.166 e. The molecule has 2 aromatic carbocycles. The molecular weight excluding hydrogens is 304 g/mol. The summed E-state index contributed by atoms with van der Waals surface area (Å²) in [4.78, 5) is 12.8. The van der Waals surface area contributed by atoms with Crippen molar-refractivity contribution in [3.05, 3.63) is 71.3 Å². The first-order valence-electron chi connectivity index (χ1n) is 7.95. The van der Waals surface area contributed by atoms with Gasteiger partial charge in [-0.3, -0.25) is 4.79 Å². The van der Waals surface area contributed by atoms with E-state index in [1.807, 2.05) is 42.1 Å². The highest BCUT2D eigenvalue weighted by atomic mass is 32.2. The van der Waals surface area contributed by atoms with Crippen molar-refractivity contribution in [2.75, 3.05) is 13.4 Å². The number of Topliss-reactive ketones (excluding diaryl/α,β-unsaturated/α-hetero) is 1. The van der Waals surface area contributed by atoms with E-state index in [0.717, 1.165) is 12.0 Å². The van der Waals surface area contributed by atoms with Crippen molar-refractivity contribution in [3.63, 3.8) is 0 Å². The highest BCUT2D eigenvalue weighted by Gasteiger charge is 2.34. The monoisotopic (exact) mass is 326 g/mol. The van der Waals surface area contributed by atoms with Gasteiger partial charge in [0.15, 0.2) is 5.78 Å². The predicted octanol–water partition coefficient (Wildman–Crippen LogP) is 4.61. The minimum atomic E-state index is -0.456. The number of thioether (sulfide) groups is 1. The second-order valence-corrected chi connectivity index (χ2v) is 7.00. The van der Waals surface area contributed by atoms with Gasteiger partial charge >= 0.3 is 0 Å². The second-order valence-electron chi connectivity index (χ2n) is 6.02. The van der Waals surface area contributed by atoms with Crippen LogP contribution in [0.4, 0.5) is 0 Å². The average Bonchev–Trinajstić information content (AvgIpc) is 2.93. The topological polar surface area (TPSA) is 26.3 Å². The highest BCUT2D eigenvalue weighted by molar-refractivity contribution is 7.98. The molecule has 0 aromatic heterocycles. The largest absolute Gasteiger partial charge is 0.369 e. The molecule has 0 saturated carbocycles. The van der Waals surface area contributed by atoms with E-state index < -0.39 is 6.10 Å². The van der Waals surface area contributed by atoms with Crippen LogP contribution in [-0.4, -0.2) is 19.1 Å². The molecule has 0 fully saturated rings. The van der Waals surface area contributed by atoms with Crippen LogP contribution in [0.2, 0.25) is 0 Å². The highest BCUT2D eigenvalue weighted by Crippen LogP contribution is 2.46. The number of hydrogen-bond donors (Lipinski definition) is 0. The molecule has 0 heterocycles. The molecule has 1 aliphatic carbocycles. The third kappa shape index (κ3) is 3.36. The average molecular weight is 326 g/mol. The van der Waals surface area contributed by atoms with Crippen LogP contribution in [0.3, 0.4) is 0 Å². The van der Waals surface area contributed by atoms with E-state index in [1.54, 1.807) is 7.11 Å². The number of ketones is 1. The number of methoxy groups -OCH3 is 1. The zero-order valence-corrected chi connectivity index (χ0v) is 14.4. The van der Waals surface area contributed by atoms with Crippen LogP contribution in [-0.2, 0) is 16.0 Å². The van der Waals surface area contributed by atoms with Gasteiger partial charge < -0.3 is 4.74 Å². The van der Waals surface area contributed by atoms with E-state index in [2.05, 4.69) is 30.5 Å². The predicted molar refractivity (Wildman–Crippen MR) is 95.7 cm³/mol. The van der Waals surface area contributed by atoms with Crippen molar-refractivity contribution in [3.8, 4) is 0 Å². The summed E-state index contributed by atoms with van der Waals surface area (Å²) in [5, 5.41) is 0.406. The Labute approximate surface area is 142 Å². The summed E-state index contributed by atoms with van der Waals surface area (Å²) in [7, 11) is 1.62. The van der Waals surface area contributed by atoms with Crippen LogP contribution < -0.4 is 0 Å². The molecule has 2 aromatic rings. The molecule has 0 spiro atoms. The number of fused-ring (bicyclic) bond motifs is 1. The van der Waals surface area contributed by atoms with Gasteiger partial charge in [-0.15, -0.1) is 0 Å². The first kappa shape index (κ1) is 16.3. The van der Waals surface area contributed by atoms with Crippen LogP contribution in [0.25, 0.3) is 0 Å². The van der Waals surface area contributed by atoms with Crippen LogP contribution in [0.5, 0.6) is 0 Å². The van der Waals surface area contributed by atoms with Crippen molar-refractivity contribution >= 4 is 17.5 Å². The van der Waals surface area contributed by atoms with Gasteiger partial charge in [0.1, 0.15) is 6.10 Å². The third-order valence-electron chi connectivity index (χ3n) is 4.62. The van der Waals surface area contributed by atoms with E-state index in [0.29, 0.717) is 17.6 Å². The van der Waals surface area contributed by atoms with Gasteiger partial charge in [-0.2, -0.15) is 11.8 Å². The summed E-state index contributed by atoms with van der Waals surface area (Å²) in [5.41, 5.74) is 3.72. The quantitative estimate of drug-likeness (QED) is 0.775. The Bertz CT molecular complexity index is 668. The second kappa shape index (κ2) is 7.33. The molecule has 3 atom stereocenters. The Balaban J connectivity index is 1.75. The third-order valence-corrected chi connectivity index (χ3v) is 5.77. The van der Waals surface area contributed by atoms with Crippen LogP contribution in [0.15, 0.2) is 54.6 Å². The summed E-state index contributed by atoms with van der Waals surface area (Å²) in [6, 6.07) is 18.3. The fourth-order valence-electron chi connectivity index (χ4n) is 3.59. The number of benzene rings is 2. The lowest BCUT2D eigenvalue weighted by Crippen LogP contribution is -2.19. The summed E-state index contributed by atoms with van der Waals surface area (Å²) in [6.07, 6.45) is 3.23. The lowest BCUT2D eigenvalue weighted by atomic mass is 9.94. The molecule has 0 bridgehead atoms. The van der Waals surface area contributed by atoms with Crippen molar-refractivity contribution in [1.82, 2.24) is 0 Å². The lowest BCUT2D eigenvalue weighted by molar-refractivity contribution is -0.130. The first-order chi connectivity index (χ1) is 11.2. The van der Waals surface area contributed by atoms with E-state index in [9.17, 15) is 4.79 Å². The zero-order valence-electron chi connectivity index (χ0n) is 13.6. The molecule has 1 aliphatic rings. The first-order valence-corrected chi connectivity index (χ1v) is 9.24. The number of ether oxygens (including phenoxy) is 1. The number of carbonyl (C=O) groups excluding carboxylic acids is 1. The van der Waals surface area contributed by atoms with E-state index in [-0.39, 0.29) is 5.78 Å². The molecule has 0 aliphatic heterocycles. The minimum Gasteiger partial charge on any atom is -0.369 e. The maximum absolute atomic E-state index is 12.8. The summed E-state index contributed by atoms with van der Waals surface area (Å²) in [6.45, 7) is 0. The maximum atomic E-state index is 12.8. The number of hydrogen-bond acceptors (Lipinski definition) is 3. The molecule has 23 heavy (non-hydrogen) atoms. The number of rotatable bonds is 6. The van der Waals surface area contributed by atoms with Crippen molar-refractivity contribution < 1.29 is 9.53 Å². The van der Waals surface area contributed by atoms with Crippen molar-refractivity contribution in [2.24, 2.45) is 5.92 Å². The molecule has 0 radical (unpaired) electrons. The van der Waals surface area contributed by atoms with Crippen molar-refractivity contribution in [2.45, 2.75) is 24.2 Å². The van der Waals surface area contributed by atoms with Gasteiger partial charge in [-0.05, 0) is 35.3 Å². The summed E-state index contributed by atoms with van der Waals surface area (Å²) < 4.78 is 5.50. The SMILES string of the molecule is CO[C@H](C(=O)CC1Cc2ccccc2C1SC)c1ccccc1. The summed E-state index contributed by atoms with van der Waals surface area (Å²) in [5.74, 6) is 0.534. The molecular formula is C20H22O2S. The summed E-state index contributed by atoms with van der Waals surface area (Å²) >= 11 is 1.85. The van der Waals surface area contributed by atoms with Gasteiger partial charge in [0.25, 0.3) is 0 Å². The van der Waals surface area contributed by atoms with Gasteiger partial charge in [-0.25, -0.2) is 0 Å². The zero-order chi connectivity index (χ0) is 16.2. The lowest BCUT2D eigenvalue weighted by Gasteiger charge is -2.21. The van der Waals surface area contributed by atoms with Crippen molar-refractivity contribution in [1.29, 1.82) is 0 Å². The molecule has 0 amide bonds. The van der Waals surface area contributed by atoms with E-state index >= 15 is 0 Å². The molecule has 3 heteroatoms. The Hall–Kier alpha value is -1.58. The van der Waals surface area contributed by atoms with Gasteiger partial charge in [0.05, 0.1) is 0 Å². The molecule has 2 nitrogen and oxygen atoms in total. The van der Waals surface area contributed by atoms with Crippen LogP contribution in [0, 0.1) is 5.92 Å². The normalized spacial score (nSPS) is 21.0. The molecule has 0 saturated heterocycles. The Morgan fingerprint density at radius 3 is 2.57 bits per heavy atom. The van der Waals surface area contributed by atoms with Gasteiger partial charge in [0, 0.05) is 18.8 Å². The fourth-order valence-corrected chi connectivity index (χ4v) is 4.65. The Morgan fingerprint density at radius 1 is 1.17 bits per heavy atom. The minimum absolute atomic E-state index is 0.176. The standard InChI is InChI=1S/C20H22O2S/c1-22-19(14-8-4-3-5-9-14)18(21)13-16-12-15-10-6-7-11-17(15)20(16)23-2/h3-11,16,19-20H,12-13H2,1-2H3/t16?,19-,20?/m0/s1. The maximum Gasteiger partial charge on any atom is 0.166 e.